The van der Waals surface area contributed by atoms with Gasteiger partial charge in [0.2, 0.25) is 0 Å². The third-order valence-electron chi connectivity index (χ3n) is 4.85. The summed E-state index contributed by atoms with van der Waals surface area (Å²) < 4.78 is 10.3. The number of esters is 1. The Bertz CT molecular complexity index is 977. The zero-order valence-electron chi connectivity index (χ0n) is 15.9. The summed E-state index contributed by atoms with van der Waals surface area (Å²) in [7, 11) is 2.75. The number of hydrogen-bond donors (Lipinski definition) is 0. The fourth-order valence-electron chi connectivity index (χ4n) is 3.45. The lowest BCUT2D eigenvalue weighted by atomic mass is 10.0. The first kappa shape index (κ1) is 20.8. The quantitative estimate of drug-likeness (QED) is 0.420. The van der Waals surface area contributed by atoms with E-state index in [4.69, 9.17) is 21.1 Å². The van der Waals surface area contributed by atoms with Gasteiger partial charge in [-0.25, -0.2) is 4.79 Å². The Kier molecular flexibility index (Phi) is 6.14. The van der Waals surface area contributed by atoms with E-state index in [2.05, 4.69) is 0 Å². The molecule has 0 spiro atoms. The molecular formula is C20H19ClN2O6. The lowest BCUT2D eigenvalue weighted by Crippen LogP contribution is -2.33. The van der Waals surface area contributed by atoms with Gasteiger partial charge in [-0.1, -0.05) is 11.6 Å². The Morgan fingerprint density at radius 3 is 2.59 bits per heavy atom. The zero-order chi connectivity index (χ0) is 21.1. The van der Waals surface area contributed by atoms with Gasteiger partial charge in [-0.15, -0.1) is 0 Å². The second kappa shape index (κ2) is 8.59. The molecule has 1 atom stereocenters. The van der Waals surface area contributed by atoms with Gasteiger partial charge in [0.05, 0.1) is 29.3 Å². The van der Waals surface area contributed by atoms with Gasteiger partial charge in [-0.2, -0.15) is 0 Å². The summed E-state index contributed by atoms with van der Waals surface area (Å²) in [5.74, 6) is -1.28. The molecule has 2 aromatic rings. The average molecular weight is 419 g/mol. The molecule has 2 aromatic carbocycles. The molecule has 0 aliphatic carbocycles. The van der Waals surface area contributed by atoms with Crippen molar-refractivity contribution in [3.63, 3.8) is 0 Å². The Morgan fingerprint density at radius 1 is 1.17 bits per heavy atom. The molecule has 9 heteroatoms. The number of benzene rings is 2. The van der Waals surface area contributed by atoms with Gasteiger partial charge in [0, 0.05) is 42.1 Å². The minimum absolute atomic E-state index is 0.0271. The van der Waals surface area contributed by atoms with Crippen molar-refractivity contribution in [1.82, 2.24) is 0 Å². The Labute approximate surface area is 172 Å². The Morgan fingerprint density at radius 2 is 1.93 bits per heavy atom. The van der Waals surface area contributed by atoms with Crippen LogP contribution in [0.3, 0.4) is 0 Å². The van der Waals surface area contributed by atoms with Crippen LogP contribution in [0.4, 0.5) is 11.4 Å². The summed E-state index contributed by atoms with van der Waals surface area (Å²) in [5.41, 5.74) is 0.962. The molecule has 0 N–H and O–H groups in total. The summed E-state index contributed by atoms with van der Waals surface area (Å²) in [6.07, 6.45) is 1.13. The van der Waals surface area contributed by atoms with E-state index in [1.807, 2.05) is 0 Å². The molecule has 0 aromatic heterocycles. The number of nitrogens with zero attached hydrogens (tertiary/aromatic N) is 2. The van der Waals surface area contributed by atoms with E-state index in [1.165, 1.54) is 17.0 Å². The first-order valence-electron chi connectivity index (χ1n) is 8.88. The largest absolute Gasteiger partial charge is 0.465 e. The molecule has 0 radical (unpaired) electrons. The summed E-state index contributed by atoms with van der Waals surface area (Å²) in [6.45, 7) is 0.394. The van der Waals surface area contributed by atoms with Crippen molar-refractivity contribution in [2.45, 2.75) is 18.9 Å². The number of fused-ring (bicyclic) bond motifs is 1. The first-order valence-corrected chi connectivity index (χ1v) is 9.26. The molecule has 3 rings (SSSR count). The molecule has 1 aliphatic heterocycles. The number of halogens is 1. The van der Waals surface area contributed by atoms with Crippen molar-refractivity contribution < 1.29 is 24.0 Å². The third kappa shape index (κ3) is 4.08. The van der Waals surface area contributed by atoms with E-state index in [0.717, 1.165) is 18.7 Å². The van der Waals surface area contributed by atoms with Crippen molar-refractivity contribution in [3.8, 4) is 0 Å². The Balaban J connectivity index is 2.11. The highest BCUT2D eigenvalue weighted by Gasteiger charge is 2.30. The van der Waals surface area contributed by atoms with E-state index >= 15 is 0 Å². The highest BCUT2D eigenvalue weighted by Crippen LogP contribution is 2.37. The topological polar surface area (TPSA) is 99.0 Å². The second-order valence-corrected chi connectivity index (χ2v) is 6.94. The van der Waals surface area contributed by atoms with Crippen molar-refractivity contribution in [2.75, 3.05) is 25.7 Å². The van der Waals surface area contributed by atoms with Gasteiger partial charge >= 0.3 is 5.97 Å². The maximum absolute atomic E-state index is 13.4. The molecule has 0 saturated heterocycles. The van der Waals surface area contributed by atoms with E-state index in [-0.39, 0.29) is 22.9 Å². The van der Waals surface area contributed by atoms with E-state index < -0.39 is 16.8 Å². The minimum atomic E-state index is -0.821. The second-order valence-electron chi connectivity index (χ2n) is 6.51. The average Bonchev–Trinajstić information content (AvgIpc) is 2.90. The highest BCUT2D eigenvalue weighted by atomic mass is 35.5. The van der Waals surface area contributed by atoms with Crippen LogP contribution in [0.25, 0.3) is 0 Å². The van der Waals surface area contributed by atoms with Gasteiger partial charge in [-0.3, -0.25) is 14.9 Å². The summed E-state index contributed by atoms with van der Waals surface area (Å²) >= 11 is 6.15. The minimum Gasteiger partial charge on any atom is -0.465 e. The van der Waals surface area contributed by atoms with Crippen molar-refractivity contribution in [2.24, 2.45) is 0 Å². The third-order valence-corrected chi connectivity index (χ3v) is 5.09. The molecule has 8 nitrogen and oxygen atoms in total. The van der Waals surface area contributed by atoms with Crippen LogP contribution in [-0.2, 0) is 9.47 Å². The maximum atomic E-state index is 13.4. The molecule has 0 fully saturated rings. The SMILES string of the molecule is COC(=O)c1cc([N+](=O)[O-])ccc1C(=O)N1CCCC(OC)c2cc(Cl)ccc21. The molecule has 1 heterocycles. The van der Waals surface area contributed by atoms with Crippen LogP contribution in [0.5, 0.6) is 0 Å². The van der Waals surface area contributed by atoms with Crippen LogP contribution in [0, 0.1) is 10.1 Å². The normalized spacial score (nSPS) is 16.0. The van der Waals surface area contributed by atoms with Crippen LogP contribution in [-0.4, -0.2) is 37.6 Å². The van der Waals surface area contributed by atoms with E-state index in [0.29, 0.717) is 30.1 Å². The number of nitro benzene ring substituents is 1. The van der Waals surface area contributed by atoms with Crippen LogP contribution in [0.15, 0.2) is 36.4 Å². The standard InChI is InChI=1S/C20H19ClN2O6/c1-28-18-4-3-9-22(17-8-5-12(21)10-16(17)18)19(24)14-7-6-13(23(26)27)11-15(14)20(25)29-2/h5-8,10-11,18H,3-4,9H2,1-2H3. The number of carbonyl (C=O) groups excluding carboxylic acids is 2. The lowest BCUT2D eigenvalue weighted by molar-refractivity contribution is -0.384. The monoisotopic (exact) mass is 418 g/mol. The summed E-state index contributed by atoms with van der Waals surface area (Å²) in [6, 6.07) is 8.69. The van der Waals surface area contributed by atoms with Gasteiger partial charge < -0.3 is 14.4 Å². The molecule has 1 aliphatic rings. The number of hydrogen-bond acceptors (Lipinski definition) is 6. The number of anilines is 1. The van der Waals surface area contributed by atoms with E-state index in [1.54, 1.807) is 25.3 Å². The summed E-state index contributed by atoms with van der Waals surface area (Å²) in [5, 5.41) is 11.6. The van der Waals surface area contributed by atoms with Gasteiger partial charge in [0.1, 0.15) is 0 Å². The fraction of sp³-hybridized carbons (Fsp3) is 0.300. The van der Waals surface area contributed by atoms with Crippen molar-refractivity contribution in [1.29, 1.82) is 0 Å². The molecule has 152 valence electrons. The van der Waals surface area contributed by atoms with Gasteiger partial charge in [-0.05, 0) is 37.1 Å². The number of methoxy groups -OCH3 is 2. The van der Waals surface area contributed by atoms with Crippen LogP contribution in [0.2, 0.25) is 5.02 Å². The van der Waals surface area contributed by atoms with Crippen molar-refractivity contribution in [3.05, 3.63) is 68.2 Å². The Hall–Kier alpha value is -2.97. The smallest absolute Gasteiger partial charge is 0.338 e. The molecule has 0 saturated carbocycles. The highest BCUT2D eigenvalue weighted by molar-refractivity contribution is 6.30. The van der Waals surface area contributed by atoms with Crippen LogP contribution >= 0.6 is 11.6 Å². The fourth-order valence-corrected chi connectivity index (χ4v) is 3.63. The number of non-ortho nitro benzene ring substituents is 1. The lowest BCUT2D eigenvalue weighted by Gasteiger charge is -2.25. The number of ether oxygens (including phenoxy) is 2. The molecular weight excluding hydrogens is 400 g/mol. The van der Waals surface area contributed by atoms with Gasteiger partial charge in [0.15, 0.2) is 0 Å². The number of carbonyl (C=O) groups is 2. The molecule has 0 bridgehead atoms. The molecule has 1 amide bonds. The zero-order valence-corrected chi connectivity index (χ0v) is 16.6. The first-order chi connectivity index (χ1) is 13.9. The molecule has 29 heavy (non-hydrogen) atoms. The number of amides is 1. The number of rotatable bonds is 4. The maximum Gasteiger partial charge on any atom is 0.338 e. The van der Waals surface area contributed by atoms with Crippen LogP contribution in [0.1, 0.15) is 45.2 Å². The van der Waals surface area contributed by atoms with Crippen molar-refractivity contribution >= 4 is 34.9 Å². The van der Waals surface area contributed by atoms with E-state index in [9.17, 15) is 19.7 Å². The summed E-state index contributed by atoms with van der Waals surface area (Å²) in [4.78, 5) is 37.6. The molecule has 1 unspecified atom stereocenters. The van der Waals surface area contributed by atoms with Crippen LogP contribution < -0.4 is 4.90 Å². The predicted octanol–water partition coefficient (Wildman–Crippen LogP) is 4.16. The predicted molar refractivity (Wildman–Crippen MR) is 107 cm³/mol. The van der Waals surface area contributed by atoms with Gasteiger partial charge in [0.25, 0.3) is 11.6 Å². The number of nitro groups is 1.